The van der Waals surface area contributed by atoms with Crippen molar-refractivity contribution in [2.75, 3.05) is 25.1 Å². The van der Waals surface area contributed by atoms with Crippen LogP contribution in [0.5, 0.6) is 0 Å². The third-order valence-corrected chi connectivity index (χ3v) is 3.89. The molecule has 1 aliphatic heterocycles. The molecule has 1 heterocycles. The van der Waals surface area contributed by atoms with Gasteiger partial charge in [0.25, 0.3) is 6.02 Å². The molecule has 1 N–H and O–H groups in total. The molecule has 0 radical (unpaired) electrons. The van der Waals surface area contributed by atoms with E-state index in [9.17, 15) is 26.3 Å². The number of amidine groups is 1. The molecule has 1 aromatic carbocycles. The van der Waals surface area contributed by atoms with E-state index in [-0.39, 0.29) is 17.1 Å². The molecule has 0 saturated carbocycles. The second-order valence-corrected chi connectivity index (χ2v) is 5.72. The van der Waals surface area contributed by atoms with Gasteiger partial charge in [0.15, 0.2) is 0 Å². The summed E-state index contributed by atoms with van der Waals surface area (Å²) in [6, 6.07) is 2.11. The monoisotopic (exact) mass is 370 g/mol. The van der Waals surface area contributed by atoms with Gasteiger partial charge in [-0.25, -0.2) is 4.99 Å². The lowest BCUT2D eigenvalue weighted by Gasteiger charge is -2.32. The average Bonchev–Trinajstić information content (AvgIpc) is 3.01. The van der Waals surface area contributed by atoms with E-state index in [1.54, 1.807) is 7.05 Å². The van der Waals surface area contributed by atoms with Gasteiger partial charge in [0.2, 0.25) is 0 Å². The van der Waals surface area contributed by atoms with Crippen LogP contribution in [0.3, 0.4) is 0 Å². The highest BCUT2D eigenvalue weighted by molar-refractivity contribution is 5.92. The van der Waals surface area contributed by atoms with Gasteiger partial charge in [-0.2, -0.15) is 26.3 Å². The largest absolute Gasteiger partial charge is 0.463 e. The maximum absolute atomic E-state index is 14.1. The SMILES string of the molecule is Cc1cc(C(F)(F)C(O)(F)C(F)(F)F)c(C)cc1N(C)C1=NCCO1. The summed E-state index contributed by atoms with van der Waals surface area (Å²) < 4.78 is 84.5. The molecule has 0 aromatic heterocycles. The van der Waals surface area contributed by atoms with Crippen LogP contribution in [0.4, 0.5) is 32.0 Å². The zero-order valence-electron chi connectivity index (χ0n) is 13.6. The van der Waals surface area contributed by atoms with Crippen LogP contribution in [0, 0.1) is 13.8 Å². The topological polar surface area (TPSA) is 45.1 Å². The predicted octanol–water partition coefficient (Wildman–Crippen LogP) is 3.44. The number of hydrogen-bond acceptors (Lipinski definition) is 4. The van der Waals surface area contributed by atoms with E-state index >= 15 is 0 Å². The van der Waals surface area contributed by atoms with Crippen molar-refractivity contribution in [2.45, 2.75) is 31.8 Å². The number of aliphatic imine (C=N–C) groups is 1. The Kier molecular flexibility index (Phi) is 4.71. The molecule has 25 heavy (non-hydrogen) atoms. The normalized spacial score (nSPS) is 17.8. The Morgan fingerprint density at radius 2 is 1.68 bits per heavy atom. The van der Waals surface area contributed by atoms with Gasteiger partial charge in [-0.1, -0.05) is 0 Å². The van der Waals surface area contributed by atoms with Crippen LogP contribution >= 0.6 is 0 Å². The van der Waals surface area contributed by atoms with E-state index in [1.165, 1.54) is 11.8 Å². The van der Waals surface area contributed by atoms with Crippen molar-refractivity contribution < 1.29 is 36.2 Å². The van der Waals surface area contributed by atoms with Gasteiger partial charge in [-0.05, 0) is 37.1 Å². The third kappa shape index (κ3) is 3.14. The highest BCUT2D eigenvalue weighted by Crippen LogP contribution is 2.50. The van der Waals surface area contributed by atoms with E-state index in [4.69, 9.17) is 9.84 Å². The van der Waals surface area contributed by atoms with Crippen LogP contribution in [-0.2, 0) is 10.7 Å². The Morgan fingerprint density at radius 3 is 2.16 bits per heavy atom. The minimum atomic E-state index is -6.15. The lowest BCUT2D eigenvalue weighted by atomic mass is 9.93. The first-order valence-corrected chi connectivity index (χ1v) is 7.19. The molecule has 2 rings (SSSR count). The molecule has 1 aromatic rings. The third-order valence-electron chi connectivity index (χ3n) is 3.89. The maximum Gasteiger partial charge on any atom is 0.455 e. The Labute approximate surface area is 139 Å². The first-order chi connectivity index (χ1) is 11.3. The lowest BCUT2D eigenvalue weighted by Crippen LogP contribution is -2.53. The van der Waals surface area contributed by atoms with Crippen LogP contribution in [-0.4, -0.2) is 43.4 Å². The number of aliphatic hydroxyl groups is 1. The number of rotatable bonds is 3. The number of alkyl halides is 6. The van der Waals surface area contributed by atoms with Crippen LogP contribution < -0.4 is 4.90 Å². The maximum atomic E-state index is 14.1. The molecule has 0 saturated heterocycles. The standard InChI is InChI=1S/C15H16F6N2O2/c1-8-7-11(23(3)12-22-4-5-25-12)9(2)6-10(8)13(16,17)14(18,24)15(19,20)21/h6-7,24H,4-5H2,1-3H3. The quantitative estimate of drug-likeness (QED) is 0.830. The fourth-order valence-electron chi connectivity index (χ4n) is 2.49. The van der Waals surface area contributed by atoms with E-state index in [2.05, 4.69) is 4.99 Å². The summed E-state index contributed by atoms with van der Waals surface area (Å²) >= 11 is 0. The molecular formula is C15H16F6N2O2. The number of halogens is 6. The Hall–Kier alpha value is -1.97. The first-order valence-electron chi connectivity index (χ1n) is 7.19. The van der Waals surface area contributed by atoms with Crippen molar-refractivity contribution in [3.63, 3.8) is 0 Å². The fourth-order valence-corrected chi connectivity index (χ4v) is 2.49. The van der Waals surface area contributed by atoms with Crippen molar-refractivity contribution >= 4 is 11.7 Å². The first kappa shape index (κ1) is 19.4. The predicted molar refractivity (Wildman–Crippen MR) is 78.6 cm³/mol. The minimum absolute atomic E-state index is 0.138. The van der Waals surface area contributed by atoms with Crippen LogP contribution in [0.15, 0.2) is 17.1 Å². The number of benzene rings is 1. The van der Waals surface area contributed by atoms with Crippen molar-refractivity contribution in [2.24, 2.45) is 4.99 Å². The van der Waals surface area contributed by atoms with Gasteiger partial charge >= 0.3 is 18.0 Å². The van der Waals surface area contributed by atoms with E-state index in [0.717, 1.165) is 13.0 Å². The van der Waals surface area contributed by atoms with Gasteiger partial charge in [0, 0.05) is 18.3 Å². The molecule has 1 atom stereocenters. The number of anilines is 1. The number of nitrogens with zero attached hydrogens (tertiary/aromatic N) is 2. The van der Waals surface area contributed by atoms with Gasteiger partial charge < -0.3 is 9.84 Å². The summed E-state index contributed by atoms with van der Waals surface area (Å²) in [6.07, 6.45) is -6.15. The Morgan fingerprint density at radius 1 is 1.08 bits per heavy atom. The summed E-state index contributed by atoms with van der Waals surface area (Å²) in [5.74, 6) is -10.9. The molecule has 0 bridgehead atoms. The summed E-state index contributed by atoms with van der Waals surface area (Å²) in [6.45, 7) is 3.25. The van der Waals surface area contributed by atoms with Crippen molar-refractivity contribution in [3.8, 4) is 0 Å². The van der Waals surface area contributed by atoms with Crippen molar-refractivity contribution in [1.82, 2.24) is 0 Å². The zero-order chi connectivity index (χ0) is 19.2. The molecule has 10 heteroatoms. The van der Waals surface area contributed by atoms with Gasteiger partial charge in [-0.15, -0.1) is 0 Å². The van der Waals surface area contributed by atoms with Gasteiger partial charge in [0.05, 0.1) is 6.54 Å². The highest BCUT2D eigenvalue weighted by Gasteiger charge is 2.71. The van der Waals surface area contributed by atoms with Gasteiger partial charge in [-0.3, -0.25) is 4.90 Å². The molecule has 0 amide bonds. The second kappa shape index (κ2) is 6.08. The number of aryl methyl sites for hydroxylation is 2. The zero-order valence-corrected chi connectivity index (χ0v) is 13.6. The molecule has 1 unspecified atom stereocenters. The fraction of sp³-hybridized carbons (Fsp3) is 0.533. The van der Waals surface area contributed by atoms with Crippen molar-refractivity contribution in [1.29, 1.82) is 0 Å². The molecule has 0 spiro atoms. The Balaban J connectivity index is 2.49. The smallest absolute Gasteiger partial charge is 0.455 e. The molecule has 0 aliphatic carbocycles. The van der Waals surface area contributed by atoms with Crippen LogP contribution in [0.2, 0.25) is 0 Å². The summed E-state index contributed by atoms with van der Waals surface area (Å²) in [7, 11) is 1.55. The average molecular weight is 370 g/mol. The van der Waals surface area contributed by atoms with E-state index < -0.39 is 23.5 Å². The molecule has 0 fully saturated rings. The molecule has 4 nitrogen and oxygen atoms in total. The lowest BCUT2D eigenvalue weighted by molar-refractivity contribution is -0.390. The Bertz CT molecular complexity index is 700. The summed E-state index contributed by atoms with van der Waals surface area (Å²) in [4.78, 5) is 5.50. The van der Waals surface area contributed by atoms with Crippen molar-refractivity contribution in [3.05, 3.63) is 28.8 Å². The number of hydrogen-bond donors (Lipinski definition) is 1. The second-order valence-electron chi connectivity index (χ2n) is 5.72. The van der Waals surface area contributed by atoms with Crippen LogP contribution in [0.1, 0.15) is 16.7 Å². The van der Waals surface area contributed by atoms with E-state index in [1.807, 2.05) is 0 Å². The summed E-state index contributed by atoms with van der Waals surface area (Å²) in [5, 5.41) is 8.81. The van der Waals surface area contributed by atoms with Gasteiger partial charge in [0.1, 0.15) is 6.61 Å². The van der Waals surface area contributed by atoms with Crippen LogP contribution in [0.25, 0.3) is 0 Å². The van der Waals surface area contributed by atoms with E-state index in [0.29, 0.717) is 24.9 Å². The molecule has 1 aliphatic rings. The summed E-state index contributed by atoms with van der Waals surface area (Å²) in [5.41, 5.74) is -1.08. The molecule has 140 valence electrons. The minimum Gasteiger partial charge on any atom is -0.463 e. The number of ether oxygens (including phenoxy) is 1. The molecular weight excluding hydrogens is 354 g/mol. The highest BCUT2D eigenvalue weighted by atomic mass is 19.4.